The average molecular weight is 250 g/mol. The SMILES string of the molecule is OCC1(N2CCNCC2)CCc2c(F)cccc21. The van der Waals surface area contributed by atoms with Crippen molar-refractivity contribution in [2.75, 3.05) is 32.8 Å². The summed E-state index contributed by atoms with van der Waals surface area (Å²) in [6.45, 7) is 3.77. The predicted octanol–water partition coefficient (Wildman–Crippen LogP) is 0.865. The maximum Gasteiger partial charge on any atom is 0.126 e. The fourth-order valence-corrected chi connectivity index (χ4v) is 3.40. The van der Waals surface area contributed by atoms with Crippen LogP contribution in [0.3, 0.4) is 0 Å². The molecule has 98 valence electrons. The molecule has 2 N–H and O–H groups in total. The summed E-state index contributed by atoms with van der Waals surface area (Å²) in [7, 11) is 0. The van der Waals surface area contributed by atoms with Crippen molar-refractivity contribution in [3.63, 3.8) is 0 Å². The Morgan fingerprint density at radius 2 is 2.11 bits per heavy atom. The zero-order valence-corrected chi connectivity index (χ0v) is 10.5. The topological polar surface area (TPSA) is 35.5 Å². The Morgan fingerprint density at radius 1 is 1.33 bits per heavy atom. The van der Waals surface area contributed by atoms with Crippen molar-refractivity contribution in [2.24, 2.45) is 0 Å². The molecule has 1 unspecified atom stereocenters. The third-order valence-electron chi connectivity index (χ3n) is 4.39. The van der Waals surface area contributed by atoms with E-state index < -0.39 is 0 Å². The van der Waals surface area contributed by atoms with Crippen LogP contribution in [0.1, 0.15) is 17.5 Å². The Balaban J connectivity index is 2.02. The molecule has 4 heteroatoms. The molecule has 18 heavy (non-hydrogen) atoms. The monoisotopic (exact) mass is 250 g/mol. The van der Waals surface area contributed by atoms with Gasteiger partial charge in [-0.25, -0.2) is 4.39 Å². The van der Waals surface area contributed by atoms with Gasteiger partial charge in [0, 0.05) is 26.2 Å². The molecule has 1 aliphatic carbocycles. The second-order valence-electron chi connectivity index (χ2n) is 5.19. The standard InChI is InChI=1S/C14H19FN2O/c15-13-3-1-2-12-11(13)4-5-14(12,10-18)17-8-6-16-7-9-17/h1-3,16,18H,4-10H2. The minimum atomic E-state index is -0.362. The van der Waals surface area contributed by atoms with E-state index in [1.54, 1.807) is 6.07 Å². The van der Waals surface area contributed by atoms with Crippen molar-refractivity contribution in [1.29, 1.82) is 0 Å². The summed E-state index contributed by atoms with van der Waals surface area (Å²) >= 11 is 0. The lowest BCUT2D eigenvalue weighted by Crippen LogP contribution is -2.55. The molecule has 1 aliphatic heterocycles. The van der Waals surface area contributed by atoms with Crippen LogP contribution in [-0.4, -0.2) is 42.8 Å². The van der Waals surface area contributed by atoms with Gasteiger partial charge in [-0.3, -0.25) is 4.90 Å². The molecule has 1 aromatic rings. The van der Waals surface area contributed by atoms with E-state index in [1.165, 1.54) is 6.07 Å². The molecule has 1 heterocycles. The van der Waals surface area contributed by atoms with E-state index in [0.717, 1.165) is 50.1 Å². The van der Waals surface area contributed by atoms with Gasteiger partial charge < -0.3 is 10.4 Å². The van der Waals surface area contributed by atoms with Crippen molar-refractivity contribution < 1.29 is 9.50 Å². The van der Waals surface area contributed by atoms with Gasteiger partial charge in [-0.15, -0.1) is 0 Å². The molecule has 2 aliphatic rings. The second kappa shape index (κ2) is 4.61. The minimum absolute atomic E-state index is 0.0729. The fraction of sp³-hybridized carbons (Fsp3) is 0.571. The van der Waals surface area contributed by atoms with Crippen LogP contribution in [0.4, 0.5) is 4.39 Å². The van der Waals surface area contributed by atoms with Crippen molar-refractivity contribution in [2.45, 2.75) is 18.4 Å². The van der Waals surface area contributed by atoms with Crippen LogP contribution in [0.15, 0.2) is 18.2 Å². The van der Waals surface area contributed by atoms with Gasteiger partial charge >= 0.3 is 0 Å². The maximum absolute atomic E-state index is 13.8. The maximum atomic E-state index is 13.8. The molecular weight excluding hydrogens is 231 g/mol. The summed E-state index contributed by atoms with van der Waals surface area (Å²) in [5.41, 5.74) is 1.43. The van der Waals surface area contributed by atoms with Gasteiger partial charge in [0.25, 0.3) is 0 Å². The minimum Gasteiger partial charge on any atom is -0.394 e. The summed E-state index contributed by atoms with van der Waals surface area (Å²) in [5, 5.41) is 13.2. The van der Waals surface area contributed by atoms with Crippen molar-refractivity contribution in [3.8, 4) is 0 Å². The molecule has 0 radical (unpaired) electrons. The highest BCUT2D eigenvalue weighted by molar-refractivity contribution is 5.40. The molecule has 3 rings (SSSR count). The van der Waals surface area contributed by atoms with Crippen molar-refractivity contribution in [3.05, 3.63) is 35.1 Å². The van der Waals surface area contributed by atoms with Crippen LogP contribution < -0.4 is 5.32 Å². The number of benzene rings is 1. The van der Waals surface area contributed by atoms with Crippen molar-refractivity contribution in [1.82, 2.24) is 10.2 Å². The Labute approximate surface area is 107 Å². The third kappa shape index (κ3) is 1.67. The number of fused-ring (bicyclic) bond motifs is 1. The largest absolute Gasteiger partial charge is 0.394 e. The molecule has 1 atom stereocenters. The summed E-state index contributed by atoms with van der Waals surface area (Å²) in [5.74, 6) is -0.127. The Hall–Kier alpha value is -0.970. The molecular formula is C14H19FN2O. The first-order valence-corrected chi connectivity index (χ1v) is 6.62. The molecule has 3 nitrogen and oxygen atoms in total. The van der Waals surface area contributed by atoms with Crippen molar-refractivity contribution >= 4 is 0 Å². The average Bonchev–Trinajstić information content (AvgIpc) is 2.81. The van der Waals surface area contributed by atoms with E-state index in [2.05, 4.69) is 10.2 Å². The summed E-state index contributed by atoms with van der Waals surface area (Å²) in [6, 6.07) is 5.25. The first-order valence-electron chi connectivity index (χ1n) is 6.62. The smallest absolute Gasteiger partial charge is 0.126 e. The first-order chi connectivity index (χ1) is 8.78. The number of hydrogen-bond acceptors (Lipinski definition) is 3. The highest BCUT2D eigenvalue weighted by Gasteiger charge is 2.44. The van der Waals surface area contributed by atoms with E-state index >= 15 is 0 Å². The molecule has 0 spiro atoms. The van der Waals surface area contributed by atoms with Gasteiger partial charge in [0.05, 0.1) is 12.1 Å². The molecule has 0 aromatic heterocycles. The Morgan fingerprint density at radius 3 is 2.83 bits per heavy atom. The number of aliphatic hydroxyl groups excluding tert-OH is 1. The van der Waals surface area contributed by atoms with Crippen LogP contribution in [-0.2, 0) is 12.0 Å². The summed E-state index contributed by atoms with van der Waals surface area (Å²) in [6.07, 6.45) is 1.55. The third-order valence-corrected chi connectivity index (χ3v) is 4.39. The molecule has 0 saturated carbocycles. The number of nitrogens with zero attached hydrogens (tertiary/aromatic N) is 1. The first kappa shape index (κ1) is 12.1. The number of nitrogens with one attached hydrogen (secondary N) is 1. The normalized spacial score (nSPS) is 28.3. The Bertz CT molecular complexity index is 445. The van der Waals surface area contributed by atoms with Crippen LogP contribution in [0.2, 0.25) is 0 Å². The molecule has 1 aromatic carbocycles. The summed E-state index contributed by atoms with van der Waals surface area (Å²) < 4.78 is 13.8. The van der Waals surface area contributed by atoms with Gasteiger partial charge in [-0.2, -0.15) is 0 Å². The van der Waals surface area contributed by atoms with E-state index in [-0.39, 0.29) is 18.0 Å². The molecule has 1 saturated heterocycles. The van der Waals surface area contributed by atoms with E-state index in [0.29, 0.717) is 0 Å². The van der Waals surface area contributed by atoms with Crippen LogP contribution >= 0.6 is 0 Å². The lowest BCUT2D eigenvalue weighted by molar-refractivity contribution is 0.0182. The lowest BCUT2D eigenvalue weighted by atomic mass is 9.90. The van der Waals surface area contributed by atoms with E-state index in [1.807, 2.05) is 6.07 Å². The van der Waals surface area contributed by atoms with E-state index in [9.17, 15) is 9.50 Å². The number of hydrogen-bond donors (Lipinski definition) is 2. The predicted molar refractivity (Wildman–Crippen MR) is 67.9 cm³/mol. The number of piperazine rings is 1. The van der Waals surface area contributed by atoms with Gasteiger partial charge in [0.15, 0.2) is 0 Å². The van der Waals surface area contributed by atoms with E-state index in [4.69, 9.17) is 0 Å². The van der Waals surface area contributed by atoms with Crippen LogP contribution in [0.5, 0.6) is 0 Å². The quantitative estimate of drug-likeness (QED) is 0.817. The van der Waals surface area contributed by atoms with Gasteiger partial charge in [0.2, 0.25) is 0 Å². The number of rotatable bonds is 2. The van der Waals surface area contributed by atoms with Crippen LogP contribution in [0, 0.1) is 5.82 Å². The van der Waals surface area contributed by atoms with Gasteiger partial charge in [-0.1, -0.05) is 12.1 Å². The lowest BCUT2D eigenvalue weighted by Gasteiger charge is -2.43. The van der Waals surface area contributed by atoms with Gasteiger partial charge in [-0.05, 0) is 30.0 Å². The summed E-state index contributed by atoms with van der Waals surface area (Å²) in [4.78, 5) is 2.31. The highest BCUT2D eigenvalue weighted by atomic mass is 19.1. The fourth-order valence-electron chi connectivity index (χ4n) is 3.40. The number of aliphatic hydroxyl groups is 1. The zero-order chi connectivity index (χ0) is 12.6. The van der Waals surface area contributed by atoms with Gasteiger partial charge in [0.1, 0.15) is 5.82 Å². The van der Waals surface area contributed by atoms with Crippen LogP contribution in [0.25, 0.3) is 0 Å². The highest BCUT2D eigenvalue weighted by Crippen LogP contribution is 2.42. The number of halogens is 1. The molecule has 1 fully saturated rings. The second-order valence-corrected chi connectivity index (χ2v) is 5.19. The molecule has 0 amide bonds. The molecule has 0 bridgehead atoms. The Kier molecular flexibility index (Phi) is 3.09. The zero-order valence-electron chi connectivity index (χ0n) is 10.5.